The molecule has 0 aliphatic carbocycles. The van der Waals surface area contributed by atoms with E-state index < -0.39 is 53.3 Å². The largest absolute Gasteiger partial charge is 0.573 e. The summed E-state index contributed by atoms with van der Waals surface area (Å²) in [6, 6.07) is 6.06. The van der Waals surface area contributed by atoms with Crippen LogP contribution in [0.4, 0.5) is 28.0 Å². The van der Waals surface area contributed by atoms with Crippen molar-refractivity contribution in [3.63, 3.8) is 0 Å². The SMILES string of the molecule is CC(C)C(NC(=O)OC(C)(C)C)C(=O)Nc1ccc(OC(F)(F)F)cc1C(=O)c1ccc(F)cc1. The number of hydrogen-bond donors (Lipinski definition) is 2. The number of ketones is 1. The number of ether oxygens (including phenoxy) is 2. The minimum absolute atomic E-state index is 0.0293. The lowest BCUT2D eigenvalue weighted by molar-refractivity contribution is -0.274. The normalized spacial score (nSPS) is 12.6. The average Bonchev–Trinajstić information content (AvgIpc) is 2.70. The molecule has 0 saturated carbocycles. The zero-order valence-corrected chi connectivity index (χ0v) is 19.7. The summed E-state index contributed by atoms with van der Waals surface area (Å²) in [4.78, 5) is 38.2. The van der Waals surface area contributed by atoms with E-state index in [9.17, 15) is 31.9 Å². The van der Waals surface area contributed by atoms with Crippen LogP contribution in [-0.4, -0.2) is 35.8 Å². The fourth-order valence-electron chi connectivity index (χ4n) is 2.95. The van der Waals surface area contributed by atoms with Gasteiger partial charge in [0.1, 0.15) is 23.2 Å². The fourth-order valence-corrected chi connectivity index (χ4v) is 2.95. The van der Waals surface area contributed by atoms with E-state index in [2.05, 4.69) is 15.4 Å². The van der Waals surface area contributed by atoms with Gasteiger partial charge in [-0.2, -0.15) is 0 Å². The smallest absolute Gasteiger partial charge is 0.444 e. The second kappa shape index (κ2) is 10.7. The average molecular weight is 498 g/mol. The van der Waals surface area contributed by atoms with Crippen LogP contribution in [0.3, 0.4) is 0 Å². The van der Waals surface area contributed by atoms with Gasteiger partial charge in [-0.05, 0) is 69.2 Å². The topological polar surface area (TPSA) is 93.7 Å². The number of hydrogen-bond acceptors (Lipinski definition) is 5. The molecule has 0 saturated heterocycles. The van der Waals surface area contributed by atoms with Crippen molar-refractivity contribution in [2.24, 2.45) is 5.92 Å². The number of alkyl carbamates (subject to hydrolysis) is 1. The van der Waals surface area contributed by atoms with Crippen LogP contribution < -0.4 is 15.4 Å². The third-order valence-electron chi connectivity index (χ3n) is 4.45. The molecule has 2 aromatic carbocycles. The minimum Gasteiger partial charge on any atom is -0.444 e. The summed E-state index contributed by atoms with van der Waals surface area (Å²) in [5.41, 5.74) is -1.30. The molecule has 2 rings (SSSR count). The number of amides is 2. The van der Waals surface area contributed by atoms with Gasteiger partial charge in [0.2, 0.25) is 5.91 Å². The Morgan fingerprint density at radius 3 is 2.06 bits per heavy atom. The van der Waals surface area contributed by atoms with Crippen LogP contribution in [0.1, 0.15) is 50.5 Å². The van der Waals surface area contributed by atoms with E-state index in [1.165, 1.54) is 0 Å². The maximum Gasteiger partial charge on any atom is 0.573 e. The highest BCUT2D eigenvalue weighted by molar-refractivity contribution is 6.14. The number of anilines is 1. The van der Waals surface area contributed by atoms with Gasteiger partial charge in [-0.25, -0.2) is 9.18 Å². The first kappa shape index (κ1) is 27.6. The standard InChI is InChI=1S/C24H26F4N2O5/c1-13(2)19(30-22(33)35-23(3,4)5)21(32)29-18-11-10-16(34-24(26,27)28)12-17(18)20(31)14-6-8-15(25)9-7-14/h6-13,19H,1-5H3,(H,29,32)(H,30,33). The van der Waals surface area contributed by atoms with E-state index in [0.29, 0.717) is 0 Å². The molecular weight excluding hydrogens is 472 g/mol. The Morgan fingerprint density at radius 1 is 0.943 bits per heavy atom. The van der Waals surface area contributed by atoms with Gasteiger partial charge in [0, 0.05) is 11.1 Å². The van der Waals surface area contributed by atoms with Gasteiger partial charge >= 0.3 is 12.5 Å². The van der Waals surface area contributed by atoms with Gasteiger partial charge < -0.3 is 20.1 Å². The summed E-state index contributed by atoms with van der Waals surface area (Å²) >= 11 is 0. The van der Waals surface area contributed by atoms with E-state index in [0.717, 1.165) is 42.5 Å². The third-order valence-corrected chi connectivity index (χ3v) is 4.45. The minimum atomic E-state index is -5.01. The number of halogens is 4. The molecule has 1 atom stereocenters. The predicted molar refractivity (Wildman–Crippen MR) is 120 cm³/mol. The highest BCUT2D eigenvalue weighted by Crippen LogP contribution is 2.29. The Labute approximate surface area is 199 Å². The zero-order valence-electron chi connectivity index (χ0n) is 19.7. The number of benzene rings is 2. The molecule has 11 heteroatoms. The molecule has 35 heavy (non-hydrogen) atoms. The molecule has 2 amide bonds. The van der Waals surface area contributed by atoms with E-state index in [1.54, 1.807) is 34.6 Å². The molecule has 0 aliphatic rings. The van der Waals surface area contributed by atoms with Crippen LogP contribution in [0.25, 0.3) is 0 Å². The molecule has 0 radical (unpaired) electrons. The molecule has 2 aromatic rings. The molecule has 1 unspecified atom stereocenters. The third kappa shape index (κ3) is 8.58. The monoisotopic (exact) mass is 498 g/mol. The highest BCUT2D eigenvalue weighted by Gasteiger charge is 2.32. The quantitative estimate of drug-likeness (QED) is 0.392. The summed E-state index contributed by atoms with van der Waals surface area (Å²) < 4.78 is 60.5. The summed E-state index contributed by atoms with van der Waals surface area (Å²) in [6.07, 6.45) is -5.86. The molecule has 0 bridgehead atoms. The van der Waals surface area contributed by atoms with Gasteiger partial charge in [0.05, 0.1) is 5.69 Å². The van der Waals surface area contributed by atoms with Crippen molar-refractivity contribution in [1.29, 1.82) is 0 Å². The second-order valence-electron chi connectivity index (χ2n) is 8.95. The van der Waals surface area contributed by atoms with Crippen LogP contribution in [0.5, 0.6) is 5.75 Å². The molecule has 0 aliphatic heterocycles. The first-order valence-corrected chi connectivity index (χ1v) is 10.6. The van der Waals surface area contributed by atoms with Gasteiger partial charge in [-0.1, -0.05) is 13.8 Å². The summed E-state index contributed by atoms with van der Waals surface area (Å²) in [6.45, 7) is 8.26. The van der Waals surface area contributed by atoms with Gasteiger partial charge in [-0.15, -0.1) is 13.2 Å². The van der Waals surface area contributed by atoms with Crippen molar-refractivity contribution in [3.8, 4) is 5.75 Å². The molecule has 0 heterocycles. The Kier molecular flexibility index (Phi) is 8.48. The lowest BCUT2D eigenvalue weighted by atomic mass is 10.00. The lowest BCUT2D eigenvalue weighted by Crippen LogP contribution is -2.48. The first-order chi connectivity index (χ1) is 16.1. The number of carbonyl (C=O) groups excluding carboxylic acids is 3. The summed E-state index contributed by atoms with van der Waals surface area (Å²) in [5, 5.41) is 4.92. The van der Waals surface area contributed by atoms with Crippen LogP contribution in [0.15, 0.2) is 42.5 Å². The number of alkyl halides is 3. The van der Waals surface area contributed by atoms with E-state index in [4.69, 9.17) is 4.74 Å². The lowest BCUT2D eigenvalue weighted by Gasteiger charge is -2.25. The second-order valence-corrected chi connectivity index (χ2v) is 8.95. The Hall–Kier alpha value is -3.63. The van der Waals surface area contributed by atoms with Crippen molar-refractivity contribution >= 4 is 23.5 Å². The first-order valence-electron chi connectivity index (χ1n) is 10.6. The molecule has 190 valence electrons. The summed E-state index contributed by atoms with van der Waals surface area (Å²) in [5.74, 6) is -3.23. The van der Waals surface area contributed by atoms with Crippen LogP contribution in [0, 0.1) is 11.7 Å². The van der Waals surface area contributed by atoms with E-state index >= 15 is 0 Å². The zero-order chi connectivity index (χ0) is 26.6. The van der Waals surface area contributed by atoms with Gasteiger partial charge in [0.15, 0.2) is 5.78 Å². The van der Waals surface area contributed by atoms with Crippen LogP contribution in [-0.2, 0) is 9.53 Å². The maximum atomic E-state index is 13.3. The molecule has 7 nitrogen and oxygen atoms in total. The van der Waals surface area contributed by atoms with Crippen LogP contribution in [0.2, 0.25) is 0 Å². The van der Waals surface area contributed by atoms with Crippen molar-refractivity contribution in [2.45, 2.75) is 52.6 Å². The van der Waals surface area contributed by atoms with Gasteiger partial charge in [-0.3, -0.25) is 9.59 Å². The Balaban J connectivity index is 2.39. The van der Waals surface area contributed by atoms with Crippen molar-refractivity contribution in [3.05, 3.63) is 59.4 Å². The Bertz CT molecular complexity index is 1080. The number of carbonyl (C=O) groups is 3. The molecule has 0 fully saturated rings. The molecule has 0 spiro atoms. The maximum absolute atomic E-state index is 13.3. The molecule has 0 aromatic heterocycles. The summed E-state index contributed by atoms with van der Waals surface area (Å²) in [7, 11) is 0. The molecular formula is C24H26F4N2O5. The number of rotatable bonds is 7. The number of nitrogens with one attached hydrogen (secondary N) is 2. The van der Waals surface area contributed by atoms with Crippen molar-refractivity contribution < 1.29 is 41.4 Å². The highest BCUT2D eigenvalue weighted by atomic mass is 19.4. The molecule has 2 N–H and O–H groups in total. The van der Waals surface area contributed by atoms with Crippen LogP contribution >= 0.6 is 0 Å². The van der Waals surface area contributed by atoms with Crippen molar-refractivity contribution in [1.82, 2.24) is 5.32 Å². The predicted octanol–water partition coefficient (Wildman–Crippen LogP) is 5.44. The van der Waals surface area contributed by atoms with Gasteiger partial charge in [0.25, 0.3) is 0 Å². The Morgan fingerprint density at radius 2 is 1.54 bits per heavy atom. The van der Waals surface area contributed by atoms with E-state index in [-0.39, 0.29) is 16.8 Å². The van der Waals surface area contributed by atoms with Crippen molar-refractivity contribution in [2.75, 3.05) is 5.32 Å². The fraction of sp³-hybridized carbons (Fsp3) is 0.375. The van der Waals surface area contributed by atoms with E-state index in [1.807, 2.05) is 0 Å².